The lowest BCUT2D eigenvalue weighted by Crippen LogP contribution is -2.01. The van der Waals surface area contributed by atoms with Crippen molar-refractivity contribution in [2.75, 3.05) is 14.2 Å². The first-order chi connectivity index (χ1) is 9.17. The van der Waals surface area contributed by atoms with Gasteiger partial charge in [-0.25, -0.2) is 4.79 Å². The molecule has 5 heteroatoms. The van der Waals surface area contributed by atoms with E-state index < -0.39 is 0 Å². The van der Waals surface area contributed by atoms with Crippen LogP contribution in [0.4, 0.5) is 0 Å². The Balaban J connectivity index is 2.50. The second-order valence-electron chi connectivity index (χ2n) is 4.19. The van der Waals surface area contributed by atoms with Crippen molar-refractivity contribution in [3.63, 3.8) is 0 Å². The molecule has 0 unspecified atom stereocenters. The molecule has 1 aliphatic heterocycles. The first-order valence-corrected chi connectivity index (χ1v) is 6.50. The number of ether oxygens (including phenoxy) is 3. The minimum absolute atomic E-state index is 0.218. The lowest BCUT2D eigenvalue weighted by molar-refractivity contribution is 0.0532. The molecule has 0 N–H and O–H groups in total. The van der Waals surface area contributed by atoms with Gasteiger partial charge in [0.1, 0.15) is 23.7 Å². The first kappa shape index (κ1) is 12.3. The fourth-order valence-corrected chi connectivity index (χ4v) is 2.82. The molecule has 2 aromatic carbocycles. The van der Waals surface area contributed by atoms with E-state index in [0.717, 1.165) is 20.8 Å². The zero-order chi connectivity index (χ0) is 13.6. The third-order valence-electron chi connectivity index (χ3n) is 3.23. The molecule has 19 heavy (non-hydrogen) atoms. The van der Waals surface area contributed by atoms with Gasteiger partial charge in [0.25, 0.3) is 0 Å². The minimum atomic E-state index is -0.366. The number of benzene rings is 2. The van der Waals surface area contributed by atoms with Crippen LogP contribution in [-0.2, 0) is 11.3 Å². The highest BCUT2D eigenvalue weighted by Crippen LogP contribution is 2.44. The molecule has 0 aliphatic carbocycles. The molecule has 0 saturated heterocycles. The topological polar surface area (TPSA) is 44.8 Å². The summed E-state index contributed by atoms with van der Waals surface area (Å²) in [4.78, 5) is 11.9. The lowest BCUT2D eigenvalue weighted by Gasteiger charge is -2.14. The maximum absolute atomic E-state index is 11.9. The standard InChI is InChI=1S/C14H11BrO4/c1-17-12-9-5-7(15)3-4-8(9)13(18-2)11-10(12)6-19-14(11)16/h3-5H,6H2,1-2H3. The van der Waals surface area contributed by atoms with Crippen LogP contribution in [0.2, 0.25) is 0 Å². The number of carbonyl (C=O) groups is 1. The number of hydrogen-bond donors (Lipinski definition) is 0. The summed E-state index contributed by atoms with van der Waals surface area (Å²) in [6.45, 7) is 0.218. The Hall–Kier alpha value is -1.75. The molecule has 0 aromatic heterocycles. The molecule has 2 aromatic rings. The van der Waals surface area contributed by atoms with E-state index in [2.05, 4.69) is 15.9 Å². The molecule has 0 amide bonds. The van der Waals surface area contributed by atoms with Crippen LogP contribution in [0.15, 0.2) is 22.7 Å². The summed E-state index contributed by atoms with van der Waals surface area (Å²) in [5.74, 6) is 0.841. The Morgan fingerprint density at radius 1 is 1.16 bits per heavy atom. The van der Waals surface area contributed by atoms with Gasteiger partial charge in [-0.05, 0) is 18.2 Å². The summed E-state index contributed by atoms with van der Waals surface area (Å²) < 4.78 is 16.9. The molecule has 98 valence electrons. The van der Waals surface area contributed by atoms with Crippen LogP contribution < -0.4 is 9.47 Å². The number of cyclic esters (lactones) is 1. The summed E-state index contributed by atoms with van der Waals surface area (Å²) in [5.41, 5.74) is 1.21. The predicted molar refractivity (Wildman–Crippen MR) is 73.9 cm³/mol. The summed E-state index contributed by atoms with van der Waals surface area (Å²) in [6, 6.07) is 5.74. The molecule has 0 bridgehead atoms. The quantitative estimate of drug-likeness (QED) is 0.796. The second-order valence-corrected chi connectivity index (χ2v) is 5.10. The normalized spacial score (nSPS) is 13.3. The van der Waals surface area contributed by atoms with Crippen molar-refractivity contribution in [3.8, 4) is 11.5 Å². The van der Waals surface area contributed by atoms with Crippen LogP contribution in [-0.4, -0.2) is 20.2 Å². The number of halogens is 1. The van der Waals surface area contributed by atoms with E-state index in [1.807, 2.05) is 18.2 Å². The van der Waals surface area contributed by atoms with Crippen molar-refractivity contribution in [2.45, 2.75) is 6.61 Å². The fourth-order valence-electron chi connectivity index (χ4n) is 2.46. The average Bonchev–Trinajstić information content (AvgIpc) is 2.78. The highest BCUT2D eigenvalue weighted by atomic mass is 79.9. The van der Waals surface area contributed by atoms with E-state index >= 15 is 0 Å². The molecule has 1 heterocycles. The molecule has 0 atom stereocenters. The van der Waals surface area contributed by atoms with Crippen LogP contribution in [0.25, 0.3) is 10.8 Å². The number of hydrogen-bond acceptors (Lipinski definition) is 4. The smallest absolute Gasteiger partial charge is 0.342 e. The van der Waals surface area contributed by atoms with E-state index in [9.17, 15) is 4.79 Å². The highest BCUT2D eigenvalue weighted by molar-refractivity contribution is 9.10. The van der Waals surface area contributed by atoms with Crippen molar-refractivity contribution in [2.24, 2.45) is 0 Å². The maximum atomic E-state index is 11.9. The van der Waals surface area contributed by atoms with Gasteiger partial charge >= 0.3 is 5.97 Å². The lowest BCUT2D eigenvalue weighted by atomic mass is 9.99. The van der Waals surface area contributed by atoms with Crippen LogP contribution in [0.5, 0.6) is 11.5 Å². The molecule has 1 aliphatic rings. The molecule has 0 radical (unpaired) electrons. The van der Waals surface area contributed by atoms with Gasteiger partial charge in [0.15, 0.2) is 0 Å². The second kappa shape index (κ2) is 4.42. The molecule has 0 spiro atoms. The van der Waals surface area contributed by atoms with Crippen LogP contribution in [0.1, 0.15) is 15.9 Å². The van der Waals surface area contributed by atoms with Crippen LogP contribution in [0.3, 0.4) is 0 Å². The van der Waals surface area contributed by atoms with Gasteiger partial charge in [0, 0.05) is 15.2 Å². The van der Waals surface area contributed by atoms with Crippen molar-refractivity contribution in [1.29, 1.82) is 0 Å². The number of fused-ring (bicyclic) bond motifs is 2. The Bertz CT molecular complexity index is 694. The van der Waals surface area contributed by atoms with E-state index in [1.165, 1.54) is 0 Å². The number of esters is 1. The zero-order valence-corrected chi connectivity index (χ0v) is 12.0. The van der Waals surface area contributed by atoms with Gasteiger partial charge in [-0.1, -0.05) is 15.9 Å². The van der Waals surface area contributed by atoms with Gasteiger partial charge in [-0.2, -0.15) is 0 Å². The van der Waals surface area contributed by atoms with Crippen molar-refractivity contribution in [3.05, 3.63) is 33.8 Å². The highest BCUT2D eigenvalue weighted by Gasteiger charge is 2.32. The van der Waals surface area contributed by atoms with Crippen molar-refractivity contribution in [1.82, 2.24) is 0 Å². The van der Waals surface area contributed by atoms with Crippen LogP contribution in [0, 0.1) is 0 Å². The first-order valence-electron chi connectivity index (χ1n) is 5.70. The van der Waals surface area contributed by atoms with Crippen LogP contribution >= 0.6 is 15.9 Å². The van der Waals surface area contributed by atoms with E-state index in [4.69, 9.17) is 14.2 Å². The Kier molecular flexibility index (Phi) is 2.86. The number of methoxy groups -OCH3 is 2. The molecule has 0 fully saturated rings. The van der Waals surface area contributed by atoms with E-state index in [0.29, 0.717) is 17.1 Å². The Morgan fingerprint density at radius 2 is 1.89 bits per heavy atom. The molecule has 3 rings (SSSR count). The van der Waals surface area contributed by atoms with Crippen molar-refractivity contribution < 1.29 is 19.0 Å². The fraction of sp³-hybridized carbons (Fsp3) is 0.214. The minimum Gasteiger partial charge on any atom is -0.496 e. The molecular formula is C14H11BrO4. The molecule has 4 nitrogen and oxygen atoms in total. The summed E-state index contributed by atoms with van der Waals surface area (Å²) >= 11 is 3.44. The summed E-state index contributed by atoms with van der Waals surface area (Å²) in [7, 11) is 3.14. The average molecular weight is 323 g/mol. The van der Waals surface area contributed by atoms with Gasteiger partial charge in [-0.3, -0.25) is 0 Å². The van der Waals surface area contributed by atoms with Gasteiger partial charge < -0.3 is 14.2 Å². The van der Waals surface area contributed by atoms with E-state index in [1.54, 1.807) is 14.2 Å². The van der Waals surface area contributed by atoms with Gasteiger partial charge in [0.2, 0.25) is 0 Å². The Labute approximate surface area is 118 Å². The SMILES string of the molecule is COc1c2c(c(OC)c3ccc(Br)cc13)C(=O)OC2. The maximum Gasteiger partial charge on any atom is 0.342 e. The largest absolute Gasteiger partial charge is 0.496 e. The number of carbonyl (C=O) groups excluding carboxylic acids is 1. The zero-order valence-electron chi connectivity index (χ0n) is 10.5. The summed E-state index contributed by atoms with van der Waals surface area (Å²) in [5, 5.41) is 1.73. The molecule has 0 saturated carbocycles. The Morgan fingerprint density at radius 3 is 2.58 bits per heavy atom. The molecular weight excluding hydrogens is 312 g/mol. The van der Waals surface area contributed by atoms with Gasteiger partial charge in [0.05, 0.1) is 19.8 Å². The van der Waals surface area contributed by atoms with Gasteiger partial charge in [-0.15, -0.1) is 0 Å². The summed E-state index contributed by atoms with van der Waals surface area (Å²) in [6.07, 6.45) is 0. The third kappa shape index (κ3) is 1.69. The number of rotatable bonds is 2. The van der Waals surface area contributed by atoms with E-state index in [-0.39, 0.29) is 12.6 Å². The predicted octanol–water partition coefficient (Wildman–Crippen LogP) is 3.29. The van der Waals surface area contributed by atoms with Crippen molar-refractivity contribution >= 4 is 32.7 Å². The monoisotopic (exact) mass is 322 g/mol. The third-order valence-corrected chi connectivity index (χ3v) is 3.73.